The van der Waals surface area contributed by atoms with Gasteiger partial charge in [-0.25, -0.2) is 0 Å². The van der Waals surface area contributed by atoms with Gasteiger partial charge in [0.25, 0.3) is 0 Å². The van der Waals surface area contributed by atoms with Crippen LogP contribution in [0.5, 0.6) is 0 Å². The van der Waals surface area contributed by atoms with Crippen LogP contribution in [0.4, 0.5) is 0 Å². The van der Waals surface area contributed by atoms with E-state index in [4.69, 9.17) is 9.84 Å². The number of ether oxygens (including phenoxy) is 1. The van der Waals surface area contributed by atoms with Crippen LogP contribution in [0.3, 0.4) is 0 Å². The molecule has 0 spiro atoms. The number of carboxylic acid groups (broad SMARTS) is 1. The summed E-state index contributed by atoms with van der Waals surface area (Å²) < 4.78 is 5.10. The average molecular weight is 244 g/mol. The Hall–Kier alpha value is -1.06. The highest BCUT2D eigenvalue weighted by Gasteiger charge is 2.30. The number of unbranched alkanes of at least 4 members (excludes halogenated alkanes) is 3. The number of carbonyl (C=O) groups is 2. The topological polar surface area (TPSA) is 63.6 Å². The quantitative estimate of drug-likeness (QED) is 0.425. The van der Waals surface area contributed by atoms with Crippen LogP contribution in [-0.2, 0) is 14.3 Å². The molecule has 100 valence electrons. The minimum Gasteiger partial charge on any atom is -0.481 e. The Labute approximate surface area is 103 Å². The molecule has 0 radical (unpaired) electrons. The molecule has 0 aromatic heterocycles. The highest BCUT2D eigenvalue weighted by molar-refractivity contribution is 5.94. The van der Waals surface area contributed by atoms with Crippen molar-refractivity contribution < 1.29 is 19.4 Å². The lowest BCUT2D eigenvalue weighted by Gasteiger charge is -2.22. The Morgan fingerprint density at radius 2 is 1.76 bits per heavy atom. The van der Waals surface area contributed by atoms with Crippen LogP contribution in [0.15, 0.2) is 0 Å². The number of carboxylic acids is 1. The maximum atomic E-state index is 11.7. The monoisotopic (exact) mass is 244 g/mol. The molecule has 1 N–H and O–H groups in total. The zero-order chi connectivity index (χ0) is 13.5. The number of hydrogen-bond donors (Lipinski definition) is 1. The molecule has 0 aromatic rings. The number of aliphatic carboxylic acids is 1. The fourth-order valence-corrected chi connectivity index (χ4v) is 1.49. The molecular weight excluding hydrogens is 220 g/mol. The molecule has 1 unspecified atom stereocenters. The smallest absolute Gasteiger partial charge is 0.320 e. The predicted molar refractivity (Wildman–Crippen MR) is 65.7 cm³/mol. The number of carbonyl (C=O) groups excluding carboxylic acids is 1. The first-order valence-electron chi connectivity index (χ1n) is 6.23. The highest BCUT2D eigenvalue weighted by Crippen LogP contribution is 2.17. The summed E-state index contributed by atoms with van der Waals surface area (Å²) in [5.74, 6) is -2.73. The van der Waals surface area contributed by atoms with Crippen LogP contribution in [0.25, 0.3) is 0 Å². The van der Waals surface area contributed by atoms with Crippen LogP contribution in [0, 0.1) is 5.92 Å². The van der Waals surface area contributed by atoms with E-state index < -0.39 is 23.5 Å². The van der Waals surface area contributed by atoms with Crippen molar-refractivity contribution in [2.45, 2.75) is 65.4 Å². The van der Waals surface area contributed by atoms with Gasteiger partial charge in [0.15, 0.2) is 5.92 Å². The van der Waals surface area contributed by atoms with E-state index in [1.165, 1.54) is 0 Å². The van der Waals surface area contributed by atoms with E-state index in [1.54, 1.807) is 20.8 Å². The van der Waals surface area contributed by atoms with E-state index >= 15 is 0 Å². The molecular formula is C13H24O4. The van der Waals surface area contributed by atoms with Gasteiger partial charge in [0.2, 0.25) is 0 Å². The summed E-state index contributed by atoms with van der Waals surface area (Å²) in [4.78, 5) is 22.7. The molecule has 0 aromatic carbocycles. The maximum Gasteiger partial charge on any atom is 0.320 e. The van der Waals surface area contributed by atoms with Crippen molar-refractivity contribution in [2.75, 3.05) is 0 Å². The minimum absolute atomic E-state index is 0.365. The van der Waals surface area contributed by atoms with Gasteiger partial charge in [-0.05, 0) is 27.2 Å². The maximum absolute atomic E-state index is 11.7. The lowest BCUT2D eigenvalue weighted by Crippen LogP contribution is -2.32. The lowest BCUT2D eigenvalue weighted by molar-refractivity contribution is -0.167. The van der Waals surface area contributed by atoms with E-state index in [1.807, 2.05) is 0 Å². The normalized spacial score (nSPS) is 13.2. The van der Waals surface area contributed by atoms with Gasteiger partial charge in [-0.1, -0.05) is 32.6 Å². The number of hydrogen-bond acceptors (Lipinski definition) is 3. The first-order valence-corrected chi connectivity index (χ1v) is 6.23. The van der Waals surface area contributed by atoms with Crippen molar-refractivity contribution in [3.63, 3.8) is 0 Å². The largest absolute Gasteiger partial charge is 0.481 e. The highest BCUT2D eigenvalue weighted by atomic mass is 16.6. The van der Waals surface area contributed by atoms with Crippen LogP contribution >= 0.6 is 0 Å². The predicted octanol–water partition coefficient (Wildman–Crippen LogP) is 3.00. The molecule has 0 bridgehead atoms. The van der Waals surface area contributed by atoms with Crippen molar-refractivity contribution in [3.05, 3.63) is 0 Å². The summed E-state index contributed by atoms with van der Waals surface area (Å²) in [6.45, 7) is 7.30. The molecule has 0 saturated heterocycles. The van der Waals surface area contributed by atoms with Crippen LogP contribution in [0.2, 0.25) is 0 Å². The van der Waals surface area contributed by atoms with Crippen molar-refractivity contribution in [1.82, 2.24) is 0 Å². The minimum atomic E-state index is -1.09. The van der Waals surface area contributed by atoms with E-state index in [0.717, 1.165) is 25.7 Å². The van der Waals surface area contributed by atoms with Gasteiger partial charge in [0.1, 0.15) is 5.60 Å². The van der Waals surface area contributed by atoms with Crippen LogP contribution in [0.1, 0.15) is 59.8 Å². The molecule has 1 atom stereocenters. The van der Waals surface area contributed by atoms with Gasteiger partial charge in [-0.15, -0.1) is 0 Å². The molecule has 0 amide bonds. The fraction of sp³-hybridized carbons (Fsp3) is 0.846. The second-order valence-corrected chi connectivity index (χ2v) is 5.27. The van der Waals surface area contributed by atoms with Gasteiger partial charge >= 0.3 is 11.9 Å². The summed E-state index contributed by atoms with van der Waals surface area (Å²) in [6.07, 6.45) is 4.24. The molecule has 0 heterocycles. The van der Waals surface area contributed by atoms with Gasteiger partial charge in [-0.3, -0.25) is 9.59 Å². The Bertz CT molecular complexity index is 253. The summed E-state index contributed by atoms with van der Waals surface area (Å²) in [5.41, 5.74) is -0.631. The standard InChI is InChI=1S/C13H24O4/c1-5-6-7-8-9-10(11(14)15)12(16)17-13(2,3)4/h10H,5-9H2,1-4H3,(H,14,15). The van der Waals surface area contributed by atoms with Gasteiger partial charge in [0, 0.05) is 0 Å². The van der Waals surface area contributed by atoms with Crippen molar-refractivity contribution in [1.29, 1.82) is 0 Å². The first-order chi connectivity index (χ1) is 7.78. The molecule has 0 aliphatic carbocycles. The third-order valence-electron chi connectivity index (χ3n) is 2.34. The molecule has 17 heavy (non-hydrogen) atoms. The Morgan fingerprint density at radius 1 is 1.18 bits per heavy atom. The molecule has 0 aliphatic rings. The molecule has 0 rings (SSSR count). The lowest BCUT2D eigenvalue weighted by atomic mass is 10.0. The Morgan fingerprint density at radius 3 is 2.18 bits per heavy atom. The fourth-order valence-electron chi connectivity index (χ4n) is 1.49. The molecule has 4 nitrogen and oxygen atoms in total. The van der Waals surface area contributed by atoms with Crippen molar-refractivity contribution in [2.24, 2.45) is 5.92 Å². The number of esters is 1. The Kier molecular flexibility index (Phi) is 6.85. The second-order valence-electron chi connectivity index (χ2n) is 5.27. The van der Waals surface area contributed by atoms with Crippen LogP contribution in [-0.4, -0.2) is 22.6 Å². The van der Waals surface area contributed by atoms with E-state index in [9.17, 15) is 9.59 Å². The van der Waals surface area contributed by atoms with Gasteiger partial charge < -0.3 is 9.84 Å². The van der Waals surface area contributed by atoms with Crippen molar-refractivity contribution in [3.8, 4) is 0 Å². The van der Waals surface area contributed by atoms with E-state index in [0.29, 0.717) is 6.42 Å². The second kappa shape index (κ2) is 7.30. The third kappa shape index (κ3) is 7.77. The average Bonchev–Trinajstić information content (AvgIpc) is 2.14. The van der Waals surface area contributed by atoms with E-state index in [-0.39, 0.29) is 0 Å². The molecule has 4 heteroatoms. The molecule has 0 fully saturated rings. The summed E-state index contributed by atoms with van der Waals surface area (Å²) in [7, 11) is 0. The zero-order valence-corrected chi connectivity index (χ0v) is 11.3. The molecule has 0 saturated carbocycles. The summed E-state index contributed by atoms with van der Waals surface area (Å²) in [6, 6.07) is 0. The van der Waals surface area contributed by atoms with Gasteiger partial charge in [-0.2, -0.15) is 0 Å². The van der Waals surface area contributed by atoms with Gasteiger partial charge in [0.05, 0.1) is 0 Å². The molecule has 0 aliphatic heterocycles. The Balaban J connectivity index is 4.23. The van der Waals surface area contributed by atoms with E-state index in [2.05, 4.69) is 6.92 Å². The summed E-state index contributed by atoms with van der Waals surface area (Å²) in [5, 5.41) is 9.00. The summed E-state index contributed by atoms with van der Waals surface area (Å²) >= 11 is 0. The SMILES string of the molecule is CCCCCCC(C(=O)O)C(=O)OC(C)(C)C. The third-order valence-corrected chi connectivity index (χ3v) is 2.34. The first kappa shape index (κ1) is 15.9. The van der Waals surface area contributed by atoms with Crippen LogP contribution < -0.4 is 0 Å². The zero-order valence-electron chi connectivity index (χ0n) is 11.3. The van der Waals surface area contributed by atoms with Crippen molar-refractivity contribution >= 4 is 11.9 Å². The number of rotatable bonds is 7.